The van der Waals surface area contributed by atoms with Gasteiger partial charge in [-0.15, -0.1) is 0 Å². The van der Waals surface area contributed by atoms with E-state index in [1.807, 2.05) is 35.6 Å². The standard InChI is InChI=1S/C33H34N8O/c1-33(10-3-11-34-18-33)31-26(15-37-40-31)28-13-25-30(35-19-36-32(25)39-28)24-4-2-5-29(27(24)17-42)41-16-22-9-8-21(20-6-7-20)12-23(22)14-38-41/h2,4-5,8-9,12-15,19-20,34,42H,3,6-7,10-11,16-18H2,1H3,(H,37,40)(H,35,36,39)/t33-/m0/s1. The molecule has 8 rings (SSSR count). The van der Waals surface area contributed by atoms with Crippen LogP contribution in [-0.4, -0.2) is 49.6 Å². The number of H-pyrrole nitrogens is 2. The number of aliphatic hydroxyl groups is 1. The van der Waals surface area contributed by atoms with E-state index in [4.69, 9.17) is 10.1 Å². The highest BCUT2D eigenvalue weighted by Crippen LogP contribution is 2.42. The molecule has 1 atom stereocenters. The van der Waals surface area contributed by atoms with Crippen LogP contribution < -0.4 is 10.3 Å². The van der Waals surface area contributed by atoms with E-state index >= 15 is 0 Å². The van der Waals surface area contributed by atoms with Crippen LogP contribution in [-0.2, 0) is 18.6 Å². The number of benzene rings is 2. The number of hydrogen-bond donors (Lipinski definition) is 4. The first kappa shape index (κ1) is 25.4. The van der Waals surface area contributed by atoms with Crippen LogP contribution in [0.2, 0.25) is 0 Å². The van der Waals surface area contributed by atoms with Gasteiger partial charge in [0.05, 0.1) is 48.3 Å². The number of fused-ring (bicyclic) bond motifs is 2. The Morgan fingerprint density at radius 3 is 2.86 bits per heavy atom. The summed E-state index contributed by atoms with van der Waals surface area (Å²) in [6, 6.07) is 14.9. The Morgan fingerprint density at radius 2 is 2.02 bits per heavy atom. The molecule has 2 fully saturated rings. The average molecular weight is 559 g/mol. The van der Waals surface area contributed by atoms with Crippen molar-refractivity contribution in [3.63, 3.8) is 0 Å². The maximum atomic E-state index is 10.7. The molecule has 5 aromatic rings. The van der Waals surface area contributed by atoms with Crippen LogP contribution in [0.3, 0.4) is 0 Å². The highest BCUT2D eigenvalue weighted by Gasteiger charge is 2.33. The lowest BCUT2D eigenvalue weighted by atomic mass is 9.78. The zero-order chi connectivity index (χ0) is 28.3. The molecule has 42 heavy (non-hydrogen) atoms. The van der Waals surface area contributed by atoms with E-state index in [1.54, 1.807) is 6.33 Å². The summed E-state index contributed by atoms with van der Waals surface area (Å²) in [4.78, 5) is 12.8. The second kappa shape index (κ2) is 9.89. The highest BCUT2D eigenvalue weighted by atomic mass is 16.3. The first-order valence-electron chi connectivity index (χ1n) is 14.9. The molecule has 3 aromatic heterocycles. The quantitative estimate of drug-likeness (QED) is 0.222. The second-order valence-corrected chi connectivity index (χ2v) is 12.2. The van der Waals surface area contributed by atoms with Gasteiger partial charge in [0.1, 0.15) is 12.0 Å². The molecule has 0 unspecified atom stereocenters. The van der Waals surface area contributed by atoms with Crippen molar-refractivity contribution < 1.29 is 5.11 Å². The fraction of sp³-hybridized carbons (Fsp3) is 0.333. The Balaban J connectivity index is 1.17. The lowest BCUT2D eigenvalue weighted by molar-refractivity contribution is 0.282. The molecule has 2 aromatic carbocycles. The Bertz CT molecular complexity index is 1830. The van der Waals surface area contributed by atoms with Crippen molar-refractivity contribution in [1.82, 2.24) is 30.5 Å². The number of aliphatic hydroxyl groups excluding tert-OH is 1. The van der Waals surface area contributed by atoms with Crippen molar-refractivity contribution in [2.75, 3.05) is 18.1 Å². The van der Waals surface area contributed by atoms with Crippen LogP contribution in [0.15, 0.2) is 60.1 Å². The van der Waals surface area contributed by atoms with E-state index in [9.17, 15) is 5.11 Å². The number of aromatic amines is 2. The van der Waals surface area contributed by atoms with Crippen LogP contribution in [0, 0.1) is 0 Å². The van der Waals surface area contributed by atoms with Crippen molar-refractivity contribution in [3.05, 3.63) is 82.9 Å². The predicted molar refractivity (Wildman–Crippen MR) is 164 cm³/mol. The number of hydrogen-bond acceptors (Lipinski definition) is 7. The summed E-state index contributed by atoms with van der Waals surface area (Å²) in [7, 11) is 0. The predicted octanol–water partition coefficient (Wildman–Crippen LogP) is 5.38. The van der Waals surface area contributed by atoms with E-state index in [1.165, 1.54) is 29.5 Å². The lowest BCUT2D eigenvalue weighted by Crippen LogP contribution is -2.41. The van der Waals surface area contributed by atoms with Gasteiger partial charge in [0.15, 0.2) is 0 Å². The van der Waals surface area contributed by atoms with Crippen LogP contribution in [0.25, 0.3) is 33.5 Å². The minimum Gasteiger partial charge on any atom is -0.392 e. The molecule has 0 spiro atoms. The van der Waals surface area contributed by atoms with Crippen molar-refractivity contribution in [3.8, 4) is 22.5 Å². The molecule has 1 saturated heterocycles. The largest absolute Gasteiger partial charge is 0.392 e. The zero-order valence-corrected chi connectivity index (χ0v) is 23.7. The van der Waals surface area contributed by atoms with Gasteiger partial charge in [0.2, 0.25) is 0 Å². The molecule has 1 saturated carbocycles. The summed E-state index contributed by atoms with van der Waals surface area (Å²) in [6.07, 6.45) is 10.2. The fourth-order valence-corrected chi connectivity index (χ4v) is 6.75. The van der Waals surface area contributed by atoms with Crippen molar-refractivity contribution in [1.29, 1.82) is 0 Å². The van der Waals surface area contributed by atoms with Gasteiger partial charge in [-0.25, -0.2) is 9.97 Å². The number of aromatic nitrogens is 5. The molecule has 5 heterocycles. The third-order valence-corrected chi connectivity index (χ3v) is 9.27. The van der Waals surface area contributed by atoms with Gasteiger partial charge in [-0.1, -0.05) is 31.2 Å². The maximum absolute atomic E-state index is 10.7. The van der Waals surface area contributed by atoms with E-state index in [0.29, 0.717) is 12.5 Å². The maximum Gasteiger partial charge on any atom is 0.141 e. The fourth-order valence-electron chi connectivity index (χ4n) is 6.75. The van der Waals surface area contributed by atoms with Crippen molar-refractivity contribution >= 4 is 22.9 Å². The van der Waals surface area contributed by atoms with Gasteiger partial charge < -0.3 is 15.4 Å². The highest BCUT2D eigenvalue weighted by molar-refractivity contribution is 5.96. The van der Waals surface area contributed by atoms with Crippen LogP contribution in [0.5, 0.6) is 0 Å². The Morgan fingerprint density at radius 1 is 1.10 bits per heavy atom. The molecule has 2 aliphatic heterocycles. The molecule has 0 bridgehead atoms. The zero-order valence-electron chi connectivity index (χ0n) is 23.7. The smallest absolute Gasteiger partial charge is 0.141 e. The van der Waals surface area contributed by atoms with Gasteiger partial charge in [-0.05, 0) is 73.0 Å². The van der Waals surface area contributed by atoms with Crippen molar-refractivity contribution in [2.24, 2.45) is 5.10 Å². The Kier molecular flexibility index (Phi) is 5.97. The van der Waals surface area contributed by atoms with Crippen LogP contribution in [0.1, 0.15) is 66.5 Å². The molecular formula is C33H34N8O. The minimum atomic E-state index is -0.134. The molecule has 3 aliphatic rings. The summed E-state index contributed by atoms with van der Waals surface area (Å²) in [5.74, 6) is 0.713. The summed E-state index contributed by atoms with van der Waals surface area (Å²) >= 11 is 0. The molecular weight excluding hydrogens is 524 g/mol. The first-order valence-corrected chi connectivity index (χ1v) is 14.9. The molecule has 4 N–H and O–H groups in total. The summed E-state index contributed by atoms with van der Waals surface area (Å²) in [5, 5.41) is 29.6. The lowest BCUT2D eigenvalue weighted by Gasteiger charge is -2.33. The number of rotatable bonds is 6. The van der Waals surface area contributed by atoms with Crippen molar-refractivity contribution in [2.45, 2.75) is 57.1 Å². The summed E-state index contributed by atoms with van der Waals surface area (Å²) < 4.78 is 0. The summed E-state index contributed by atoms with van der Waals surface area (Å²) in [5.41, 5.74) is 11.0. The first-order chi connectivity index (χ1) is 20.6. The molecule has 9 nitrogen and oxygen atoms in total. The number of hydrazone groups is 1. The van der Waals surface area contributed by atoms with E-state index in [0.717, 1.165) is 76.4 Å². The number of anilines is 1. The normalized spacial score (nSPS) is 20.3. The second-order valence-electron chi connectivity index (χ2n) is 12.2. The topological polar surface area (TPSA) is 118 Å². The van der Waals surface area contributed by atoms with E-state index < -0.39 is 0 Å². The third-order valence-electron chi connectivity index (χ3n) is 9.27. The van der Waals surface area contributed by atoms with Crippen LogP contribution in [0.4, 0.5) is 5.69 Å². The summed E-state index contributed by atoms with van der Waals surface area (Å²) in [6.45, 7) is 4.76. The third kappa shape index (κ3) is 4.23. The Hall–Kier alpha value is -4.34. The van der Waals surface area contributed by atoms with E-state index in [2.05, 4.69) is 56.7 Å². The SMILES string of the molecule is C[C@]1(c2[nH]ncc2-c2cc3c(-c4cccc(N5Cc6ccc(C7CC7)cc6C=N5)c4CO)ncnc3[nH]2)CCCNC1. The monoisotopic (exact) mass is 558 g/mol. The molecule has 0 amide bonds. The van der Waals surface area contributed by atoms with Crippen LogP contribution >= 0.6 is 0 Å². The van der Waals surface area contributed by atoms with Gasteiger partial charge in [0.25, 0.3) is 0 Å². The molecule has 212 valence electrons. The average Bonchev–Trinajstić information content (AvgIpc) is 3.58. The molecule has 1 aliphatic carbocycles. The Labute approximate surface area is 244 Å². The molecule has 9 heteroatoms. The van der Waals surface area contributed by atoms with Gasteiger partial charge in [-0.2, -0.15) is 10.2 Å². The minimum absolute atomic E-state index is 0.0265. The number of piperidine rings is 1. The van der Waals surface area contributed by atoms with Gasteiger partial charge in [0, 0.05) is 34.0 Å². The van der Waals surface area contributed by atoms with Gasteiger partial charge in [-0.3, -0.25) is 10.1 Å². The number of nitrogens with zero attached hydrogens (tertiary/aromatic N) is 5. The van der Waals surface area contributed by atoms with E-state index in [-0.39, 0.29) is 12.0 Å². The van der Waals surface area contributed by atoms with Gasteiger partial charge >= 0.3 is 0 Å². The molecule has 0 radical (unpaired) electrons. The number of nitrogens with one attached hydrogen (secondary N) is 3.